The van der Waals surface area contributed by atoms with E-state index in [9.17, 15) is 23.1 Å². The van der Waals surface area contributed by atoms with E-state index in [0.29, 0.717) is 30.3 Å². The largest absolute Gasteiger partial charge is 0.480 e. The highest BCUT2D eigenvalue weighted by molar-refractivity contribution is 7.89. The van der Waals surface area contributed by atoms with Crippen molar-refractivity contribution < 1.29 is 28.2 Å². The van der Waals surface area contributed by atoms with E-state index in [1.165, 1.54) is 0 Å². The van der Waals surface area contributed by atoms with Gasteiger partial charge in [-0.2, -0.15) is 4.31 Å². The zero-order chi connectivity index (χ0) is 21.7. The zero-order valence-electron chi connectivity index (χ0n) is 16.5. The summed E-state index contributed by atoms with van der Waals surface area (Å²) in [6.45, 7) is 1.06. The van der Waals surface area contributed by atoms with Gasteiger partial charge in [-0.25, -0.2) is 13.4 Å². The third-order valence-electron chi connectivity index (χ3n) is 5.27. The van der Waals surface area contributed by atoms with Crippen LogP contribution < -0.4 is 5.32 Å². The van der Waals surface area contributed by atoms with E-state index in [1.807, 2.05) is 0 Å². The number of sulfonamides is 1. The van der Waals surface area contributed by atoms with Crippen molar-refractivity contribution >= 4 is 33.0 Å². The topological polar surface area (TPSA) is 153 Å². The molecule has 1 aromatic heterocycles. The van der Waals surface area contributed by atoms with Crippen molar-refractivity contribution in [1.82, 2.24) is 19.6 Å². The molecule has 0 bridgehead atoms. The number of aromatic amines is 1. The lowest BCUT2D eigenvalue weighted by atomic mass is 10.1. The molecule has 2 aromatic rings. The summed E-state index contributed by atoms with van der Waals surface area (Å²) in [5, 5.41) is 20.4. The lowest BCUT2D eigenvalue weighted by Gasteiger charge is -2.30. The Morgan fingerprint density at radius 2 is 1.77 bits per heavy atom. The van der Waals surface area contributed by atoms with Gasteiger partial charge in [-0.05, 0) is 50.8 Å². The molecule has 2 aliphatic heterocycles. The summed E-state index contributed by atoms with van der Waals surface area (Å²) in [6, 6.07) is 5.68. The highest BCUT2D eigenvalue weighted by Crippen LogP contribution is 2.25. The maximum Gasteiger partial charge on any atom is 0.322 e. The molecule has 0 amide bonds. The van der Waals surface area contributed by atoms with Gasteiger partial charge in [0, 0.05) is 6.54 Å². The van der Waals surface area contributed by atoms with Crippen molar-refractivity contribution in [3.63, 3.8) is 0 Å². The summed E-state index contributed by atoms with van der Waals surface area (Å²) in [4.78, 5) is 28.4. The van der Waals surface area contributed by atoms with E-state index in [2.05, 4.69) is 15.3 Å². The Morgan fingerprint density at radius 3 is 2.37 bits per heavy atom. The van der Waals surface area contributed by atoms with Crippen LogP contribution in [0.3, 0.4) is 0 Å². The zero-order valence-corrected chi connectivity index (χ0v) is 17.3. The highest BCUT2D eigenvalue weighted by Gasteiger charge is 2.39. The minimum atomic E-state index is -3.93. The van der Waals surface area contributed by atoms with Crippen LogP contribution in [0.1, 0.15) is 38.5 Å². The maximum atomic E-state index is 12.6. The Bertz CT molecular complexity index is 966. The predicted molar refractivity (Wildman–Crippen MR) is 109 cm³/mol. The summed E-state index contributed by atoms with van der Waals surface area (Å²) in [6.07, 6.45) is 4.64. The van der Waals surface area contributed by atoms with Gasteiger partial charge in [0.05, 0.1) is 11.0 Å². The molecule has 1 aromatic carbocycles. The van der Waals surface area contributed by atoms with Gasteiger partial charge in [0.15, 0.2) is 0 Å². The smallest absolute Gasteiger partial charge is 0.322 e. The van der Waals surface area contributed by atoms with Gasteiger partial charge >= 0.3 is 11.9 Å². The van der Waals surface area contributed by atoms with Crippen LogP contribution in [0, 0.1) is 0 Å². The van der Waals surface area contributed by atoms with Gasteiger partial charge in [-0.15, -0.1) is 0 Å². The number of nitrogens with zero attached hydrogens (tertiary/aromatic N) is 2. The summed E-state index contributed by atoms with van der Waals surface area (Å²) in [5.41, 5.74) is 1.15. The third-order valence-corrected chi connectivity index (χ3v) is 7.00. The molecule has 0 saturated carbocycles. The van der Waals surface area contributed by atoms with Crippen molar-refractivity contribution in [3.05, 3.63) is 24.3 Å². The quantitative estimate of drug-likeness (QED) is 0.559. The second-order valence-corrected chi connectivity index (χ2v) is 9.17. The number of carboxylic acid groups (broad SMARTS) is 2. The van der Waals surface area contributed by atoms with Crippen molar-refractivity contribution in [2.45, 2.75) is 55.8 Å². The number of nitrogens with one attached hydrogen (secondary N) is 2. The molecule has 0 radical (unpaired) electrons. The van der Waals surface area contributed by atoms with Crippen LogP contribution in [0.25, 0.3) is 11.0 Å². The van der Waals surface area contributed by atoms with Crippen molar-refractivity contribution in [1.29, 1.82) is 0 Å². The first kappa shape index (κ1) is 22.2. The molecule has 30 heavy (non-hydrogen) atoms. The van der Waals surface area contributed by atoms with Gasteiger partial charge in [-0.3, -0.25) is 9.59 Å². The molecule has 2 fully saturated rings. The number of aromatic nitrogens is 2. The predicted octanol–water partition coefficient (Wildman–Crippen LogP) is 1.40. The molecule has 4 rings (SSSR count). The Balaban J connectivity index is 0.000000239. The standard InChI is InChI=1S/C13H15N3O4S.C6H11NO2/c17-12(18)11-7-3-4-8-16(11)21(19,20)13-14-9-5-1-2-6-10(9)15-13;8-6(9)5-3-1-2-4-7-5/h1-2,5-6,11H,3-4,7-8H2,(H,14,15)(H,17,18);5,7H,1-4H2,(H,8,9)/t;5-/m.0/s1. The molecule has 164 valence electrons. The number of benzene rings is 1. The molecule has 1 unspecified atom stereocenters. The highest BCUT2D eigenvalue weighted by atomic mass is 32.2. The van der Waals surface area contributed by atoms with Crippen LogP contribution in [0.2, 0.25) is 0 Å². The van der Waals surface area contributed by atoms with Crippen LogP contribution in [-0.4, -0.2) is 70.0 Å². The first-order valence-electron chi connectivity index (χ1n) is 9.96. The van der Waals surface area contributed by atoms with Crippen molar-refractivity contribution in [3.8, 4) is 0 Å². The number of hydrogen-bond donors (Lipinski definition) is 4. The first-order valence-corrected chi connectivity index (χ1v) is 11.4. The number of hydrogen-bond acceptors (Lipinski definition) is 6. The second-order valence-electron chi connectivity index (χ2n) is 7.37. The van der Waals surface area contributed by atoms with E-state index >= 15 is 0 Å². The minimum Gasteiger partial charge on any atom is -0.480 e. The number of H-pyrrole nitrogens is 1. The monoisotopic (exact) mass is 438 g/mol. The lowest BCUT2D eigenvalue weighted by Crippen LogP contribution is -2.48. The van der Waals surface area contributed by atoms with Gasteiger partial charge in [0.25, 0.3) is 10.0 Å². The van der Waals surface area contributed by atoms with Crippen LogP contribution in [-0.2, 0) is 19.6 Å². The molecule has 2 aliphatic rings. The van der Waals surface area contributed by atoms with Gasteiger partial charge in [0.2, 0.25) is 5.16 Å². The fourth-order valence-electron chi connectivity index (χ4n) is 3.66. The molecular weight excluding hydrogens is 412 g/mol. The van der Waals surface area contributed by atoms with Crippen LogP contribution in [0.15, 0.2) is 29.4 Å². The number of carboxylic acids is 2. The molecule has 4 N–H and O–H groups in total. The van der Waals surface area contributed by atoms with Gasteiger partial charge < -0.3 is 20.5 Å². The van der Waals surface area contributed by atoms with E-state index in [4.69, 9.17) is 5.11 Å². The van der Waals surface area contributed by atoms with Crippen LogP contribution in [0.5, 0.6) is 0 Å². The Kier molecular flexibility index (Phi) is 7.06. The fourth-order valence-corrected chi connectivity index (χ4v) is 5.24. The van der Waals surface area contributed by atoms with E-state index < -0.39 is 28.0 Å². The molecule has 3 heterocycles. The second kappa shape index (κ2) is 9.54. The van der Waals surface area contributed by atoms with Crippen molar-refractivity contribution in [2.24, 2.45) is 0 Å². The number of aliphatic carboxylic acids is 2. The summed E-state index contributed by atoms with van der Waals surface area (Å²) in [7, 11) is -3.93. The average Bonchev–Trinajstić information content (AvgIpc) is 3.20. The summed E-state index contributed by atoms with van der Waals surface area (Å²) < 4.78 is 26.3. The van der Waals surface area contributed by atoms with Crippen LogP contribution in [0.4, 0.5) is 0 Å². The molecule has 0 spiro atoms. The van der Waals surface area contributed by atoms with E-state index in [1.54, 1.807) is 24.3 Å². The van der Waals surface area contributed by atoms with E-state index in [0.717, 1.165) is 30.1 Å². The summed E-state index contributed by atoms with van der Waals surface area (Å²) in [5.74, 6) is -1.83. The third kappa shape index (κ3) is 4.97. The lowest BCUT2D eigenvalue weighted by molar-refractivity contribution is -0.142. The molecule has 0 aliphatic carbocycles. The fraction of sp³-hybridized carbons (Fsp3) is 0.526. The Morgan fingerprint density at radius 1 is 1.03 bits per heavy atom. The first-order chi connectivity index (χ1) is 14.3. The maximum absolute atomic E-state index is 12.6. The Labute approximate surface area is 174 Å². The number of carbonyl (C=O) groups is 2. The number of para-hydroxylation sites is 2. The molecular formula is C19H26N4O6S. The molecule has 11 heteroatoms. The van der Waals surface area contributed by atoms with Crippen molar-refractivity contribution in [2.75, 3.05) is 13.1 Å². The number of imidazole rings is 1. The van der Waals surface area contributed by atoms with E-state index in [-0.39, 0.29) is 17.7 Å². The normalized spacial score (nSPS) is 22.8. The van der Waals surface area contributed by atoms with Gasteiger partial charge in [-0.1, -0.05) is 18.6 Å². The molecule has 2 saturated heterocycles. The van der Waals surface area contributed by atoms with Gasteiger partial charge in [0.1, 0.15) is 12.1 Å². The molecule has 10 nitrogen and oxygen atoms in total. The average molecular weight is 439 g/mol. The number of fused-ring (bicyclic) bond motifs is 1. The SMILES string of the molecule is O=C(O)C1CCCCN1S(=O)(=O)c1nc2ccccc2[nH]1.O=C(O)[C@@H]1CCCCN1. The van der Waals surface area contributed by atoms with Crippen LogP contribution >= 0.6 is 0 Å². The number of rotatable bonds is 4. The molecule has 2 atom stereocenters. The minimum absolute atomic E-state index is 0.197. The number of piperidine rings is 2. The summed E-state index contributed by atoms with van der Waals surface area (Å²) >= 11 is 0. The Hall–Kier alpha value is -2.50.